The van der Waals surface area contributed by atoms with E-state index in [1.54, 1.807) is 10.8 Å². The fourth-order valence-electron chi connectivity index (χ4n) is 0.544. The van der Waals surface area contributed by atoms with Gasteiger partial charge in [-0.1, -0.05) is 36.8 Å². The molecule has 0 fully saturated rings. The highest BCUT2D eigenvalue weighted by atomic mass is 33.1. The smallest absolute Gasteiger partial charge is 0.106 e. The van der Waals surface area contributed by atoms with Gasteiger partial charge in [0.1, 0.15) is 5.03 Å². The van der Waals surface area contributed by atoms with Crippen LogP contribution in [-0.2, 0) is 0 Å². The molecule has 0 unspecified atom stereocenters. The molecule has 0 atom stereocenters. The van der Waals surface area contributed by atoms with Crippen LogP contribution in [0.4, 0.5) is 0 Å². The minimum absolute atomic E-state index is 0.631. The lowest BCUT2D eigenvalue weighted by atomic mass is 10.5. The predicted octanol–water partition coefficient (Wildman–Crippen LogP) is 4.28. The Morgan fingerprint density at radius 2 is 2.00 bits per heavy atom. The van der Waals surface area contributed by atoms with Crippen molar-refractivity contribution in [2.45, 2.75) is 32.9 Å². The third-order valence-corrected chi connectivity index (χ3v) is 3.86. The van der Waals surface area contributed by atoms with Crippen molar-refractivity contribution in [3.8, 4) is 0 Å². The maximum Gasteiger partial charge on any atom is 0.106 e. The van der Waals surface area contributed by atoms with Gasteiger partial charge in [-0.05, 0) is 30.7 Å². The van der Waals surface area contributed by atoms with Gasteiger partial charge in [0.05, 0.1) is 0 Å². The molecule has 0 radical (unpaired) electrons. The van der Waals surface area contributed by atoms with Crippen molar-refractivity contribution in [3.63, 3.8) is 0 Å². The molecule has 0 spiro atoms. The van der Waals surface area contributed by atoms with E-state index in [0.717, 1.165) is 5.03 Å². The molecule has 0 aliphatic heterocycles. The lowest BCUT2D eigenvalue weighted by Gasteiger charge is -2.02. The van der Waals surface area contributed by atoms with E-state index in [1.165, 1.54) is 0 Å². The average Bonchev–Trinajstić information content (AvgIpc) is 2.09. The Bertz CT molecular complexity index is 205. The first kappa shape index (κ1) is 12.8. The van der Waals surface area contributed by atoms with Crippen molar-refractivity contribution in [1.29, 1.82) is 0 Å². The predicted molar refractivity (Wildman–Crippen MR) is 67.4 cm³/mol. The number of nitrogens with zero attached hydrogens (tertiary/aromatic N) is 1. The zero-order valence-corrected chi connectivity index (χ0v) is 10.3. The van der Waals surface area contributed by atoms with Gasteiger partial charge in [-0.2, -0.15) is 0 Å². The van der Waals surface area contributed by atoms with Crippen LogP contribution in [0, 0.1) is 0 Å². The molecular formula is C10H17NS2. The van der Waals surface area contributed by atoms with Crippen LogP contribution < -0.4 is 0 Å². The minimum atomic E-state index is 0.631. The van der Waals surface area contributed by atoms with Crippen LogP contribution in [0.2, 0.25) is 0 Å². The molecule has 0 saturated carbocycles. The molecule has 74 valence electrons. The monoisotopic (exact) mass is 215 g/mol. The standard InChI is InChI=1S/C10H17NS2/c1-5-7-8-10(11-6-2)13-12-9(3)4/h5-9H,1-4H3/b7-5-,10-8+,11-6?. The number of rotatable bonds is 5. The van der Waals surface area contributed by atoms with Crippen molar-refractivity contribution >= 4 is 27.8 Å². The van der Waals surface area contributed by atoms with Gasteiger partial charge in [-0.3, -0.25) is 4.99 Å². The van der Waals surface area contributed by atoms with Gasteiger partial charge in [-0.15, -0.1) is 0 Å². The fraction of sp³-hybridized carbons (Fsp3) is 0.500. The Morgan fingerprint density at radius 1 is 1.31 bits per heavy atom. The van der Waals surface area contributed by atoms with Gasteiger partial charge >= 0.3 is 0 Å². The second-order valence-electron chi connectivity index (χ2n) is 2.65. The Morgan fingerprint density at radius 3 is 2.46 bits per heavy atom. The van der Waals surface area contributed by atoms with E-state index >= 15 is 0 Å². The van der Waals surface area contributed by atoms with Crippen LogP contribution in [-0.4, -0.2) is 11.5 Å². The zero-order chi connectivity index (χ0) is 10.1. The van der Waals surface area contributed by atoms with Crippen LogP contribution in [0.3, 0.4) is 0 Å². The Balaban J connectivity index is 4.09. The summed E-state index contributed by atoms with van der Waals surface area (Å²) in [6.45, 7) is 8.30. The maximum atomic E-state index is 4.26. The molecule has 0 heterocycles. The molecule has 0 aromatic carbocycles. The van der Waals surface area contributed by atoms with E-state index in [9.17, 15) is 0 Å². The summed E-state index contributed by atoms with van der Waals surface area (Å²) in [4.78, 5) is 4.26. The van der Waals surface area contributed by atoms with E-state index in [-0.39, 0.29) is 0 Å². The molecule has 0 aromatic heterocycles. The van der Waals surface area contributed by atoms with E-state index in [1.807, 2.05) is 49.1 Å². The number of hydrogen-bond donors (Lipinski definition) is 0. The molecular weight excluding hydrogens is 198 g/mol. The van der Waals surface area contributed by atoms with Crippen molar-refractivity contribution in [2.75, 3.05) is 0 Å². The van der Waals surface area contributed by atoms with Crippen LogP contribution >= 0.6 is 21.6 Å². The molecule has 3 heteroatoms. The Labute approximate surface area is 89.2 Å². The second-order valence-corrected chi connectivity index (χ2v) is 5.44. The van der Waals surface area contributed by atoms with Crippen LogP contribution in [0.1, 0.15) is 27.7 Å². The summed E-state index contributed by atoms with van der Waals surface area (Å²) in [6, 6.07) is 0. The highest BCUT2D eigenvalue weighted by Crippen LogP contribution is 2.33. The first-order valence-electron chi connectivity index (χ1n) is 4.35. The summed E-state index contributed by atoms with van der Waals surface area (Å²) in [5.41, 5.74) is 0. The highest BCUT2D eigenvalue weighted by Gasteiger charge is 1.97. The van der Waals surface area contributed by atoms with E-state index < -0.39 is 0 Å². The molecule has 0 aliphatic carbocycles. The van der Waals surface area contributed by atoms with E-state index in [0.29, 0.717) is 5.25 Å². The summed E-state index contributed by atoms with van der Waals surface area (Å²) < 4.78 is 0. The van der Waals surface area contributed by atoms with Crippen molar-refractivity contribution in [3.05, 3.63) is 23.3 Å². The Kier molecular flexibility index (Phi) is 8.35. The van der Waals surface area contributed by atoms with Crippen LogP contribution in [0.25, 0.3) is 0 Å². The molecule has 0 saturated heterocycles. The van der Waals surface area contributed by atoms with E-state index in [4.69, 9.17) is 0 Å². The number of hydrogen-bond acceptors (Lipinski definition) is 3. The Hall–Kier alpha value is -0.150. The normalized spacial score (nSPS) is 13.8. The lowest BCUT2D eigenvalue weighted by molar-refractivity contribution is 1.12. The fourth-order valence-corrected chi connectivity index (χ4v) is 2.29. The van der Waals surface area contributed by atoms with Gasteiger partial charge < -0.3 is 0 Å². The summed E-state index contributed by atoms with van der Waals surface area (Å²) in [5.74, 6) is 0. The first-order chi connectivity index (χ1) is 6.20. The van der Waals surface area contributed by atoms with Crippen molar-refractivity contribution < 1.29 is 0 Å². The number of aliphatic imine (C=N–C) groups is 1. The average molecular weight is 215 g/mol. The van der Waals surface area contributed by atoms with Crippen LogP contribution in [0.15, 0.2) is 28.2 Å². The summed E-state index contributed by atoms with van der Waals surface area (Å²) in [7, 11) is 3.55. The lowest BCUT2D eigenvalue weighted by Crippen LogP contribution is -1.81. The quantitative estimate of drug-likeness (QED) is 0.385. The molecule has 0 bridgehead atoms. The van der Waals surface area contributed by atoms with Gasteiger partial charge in [0.15, 0.2) is 0 Å². The SMILES string of the molecule is CC=N/C(=C\C=C/C)SSC(C)C. The number of allylic oxidation sites excluding steroid dienone is 3. The third kappa shape index (κ3) is 8.19. The van der Waals surface area contributed by atoms with Gasteiger partial charge in [0.2, 0.25) is 0 Å². The van der Waals surface area contributed by atoms with Crippen LogP contribution in [0.5, 0.6) is 0 Å². The summed E-state index contributed by atoms with van der Waals surface area (Å²) in [6.07, 6.45) is 7.87. The summed E-state index contributed by atoms with van der Waals surface area (Å²) >= 11 is 0. The minimum Gasteiger partial charge on any atom is -0.254 e. The largest absolute Gasteiger partial charge is 0.254 e. The zero-order valence-electron chi connectivity index (χ0n) is 8.65. The van der Waals surface area contributed by atoms with E-state index in [2.05, 4.69) is 18.8 Å². The second kappa shape index (κ2) is 8.45. The molecule has 0 aromatic rings. The van der Waals surface area contributed by atoms with Gasteiger partial charge in [-0.25, -0.2) is 0 Å². The molecule has 0 rings (SSSR count). The molecule has 0 aliphatic rings. The molecule has 0 amide bonds. The molecule has 0 N–H and O–H groups in total. The highest BCUT2D eigenvalue weighted by molar-refractivity contribution is 8.78. The maximum absolute atomic E-state index is 4.26. The van der Waals surface area contributed by atoms with Gasteiger partial charge in [0, 0.05) is 11.5 Å². The molecule has 13 heavy (non-hydrogen) atoms. The summed E-state index contributed by atoms with van der Waals surface area (Å²) in [5, 5.41) is 1.69. The first-order valence-corrected chi connectivity index (χ1v) is 6.57. The van der Waals surface area contributed by atoms with Crippen molar-refractivity contribution in [1.82, 2.24) is 0 Å². The van der Waals surface area contributed by atoms with Crippen molar-refractivity contribution in [2.24, 2.45) is 4.99 Å². The molecule has 1 nitrogen and oxygen atoms in total. The third-order valence-electron chi connectivity index (χ3n) is 1.01. The topological polar surface area (TPSA) is 12.4 Å². The van der Waals surface area contributed by atoms with Gasteiger partial charge in [0.25, 0.3) is 0 Å².